The third-order valence-electron chi connectivity index (χ3n) is 4.09. The molecule has 0 aromatic heterocycles. The van der Waals surface area contributed by atoms with E-state index in [9.17, 15) is 0 Å². The highest BCUT2D eigenvalue weighted by Gasteiger charge is 2.22. The van der Waals surface area contributed by atoms with Crippen LogP contribution >= 0.6 is 0 Å². The zero-order valence-corrected chi connectivity index (χ0v) is 12.1. The van der Waals surface area contributed by atoms with Crippen LogP contribution in [0, 0.1) is 5.92 Å². The van der Waals surface area contributed by atoms with E-state index in [0.717, 1.165) is 5.92 Å². The zero-order chi connectivity index (χ0) is 13.1. The number of benzene rings is 1. The Morgan fingerprint density at radius 1 is 1.17 bits per heavy atom. The lowest BCUT2D eigenvalue weighted by Gasteiger charge is -2.21. The van der Waals surface area contributed by atoms with Crippen LogP contribution in [0.4, 0.5) is 5.69 Å². The van der Waals surface area contributed by atoms with Crippen molar-refractivity contribution in [3.8, 4) is 0 Å². The first-order valence-electron chi connectivity index (χ1n) is 7.09. The Balaban J connectivity index is 1.94. The molecule has 0 bridgehead atoms. The maximum atomic E-state index is 3.76. The second kappa shape index (κ2) is 5.75. The third kappa shape index (κ3) is 3.26. The Bertz CT molecular complexity index is 369. The van der Waals surface area contributed by atoms with Crippen molar-refractivity contribution in [3.05, 3.63) is 29.8 Å². The average Bonchev–Trinajstić information content (AvgIpc) is 2.75. The highest BCUT2D eigenvalue weighted by molar-refractivity contribution is 5.46. The summed E-state index contributed by atoms with van der Waals surface area (Å²) in [5.41, 5.74) is 2.65. The number of rotatable bonds is 4. The molecule has 1 fully saturated rings. The summed E-state index contributed by atoms with van der Waals surface area (Å²) in [6, 6.07) is 10.0. The van der Waals surface area contributed by atoms with E-state index in [1.165, 1.54) is 30.5 Å². The Morgan fingerprint density at radius 2 is 1.83 bits per heavy atom. The minimum absolute atomic E-state index is 0.455. The molecule has 1 N–H and O–H groups in total. The second-order valence-electron chi connectivity index (χ2n) is 5.99. The summed E-state index contributed by atoms with van der Waals surface area (Å²) in [6.45, 7) is 4.63. The molecule has 0 aliphatic heterocycles. The highest BCUT2D eigenvalue weighted by atomic mass is 15.1. The summed E-state index contributed by atoms with van der Waals surface area (Å²) in [5.74, 6) is 0.894. The van der Waals surface area contributed by atoms with Crippen LogP contribution < -0.4 is 10.2 Å². The van der Waals surface area contributed by atoms with Crippen molar-refractivity contribution in [1.29, 1.82) is 0 Å². The maximum Gasteiger partial charge on any atom is 0.0361 e. The van der Waals surface area contributed by atoms with Gasteiger partial charge in [0.05, 0.1) is 0 Å². The molecule has 1 aliphatic rings. The predicted molar refractivity (Wildman–Crippen MR) is 79.1 cm³/mol. The number of nitrogens with one attached hydrogen (secondary N) is 1. The van der Waals surface area contributed by atoms with Gasteiger partial charge in [-0.05, 0) is 49.8 Å². The molecule has 2 rings (SSSR count). The standard InChI is InChI=1S/C16H26N2/c1-12-5-8-15(11-12)17-13(2)14-6-9-16(10-7-14)18(3)4/h6-7,9-10,12-13,15,17H,5,8,11H2,1-4H3. The Labute approximate surface area is 111 Å². The predicted octanol–water partition coefficient (Wildman–Crippen LogP) is 3.59. The van der Waals surface area contributed by atoms with E-state index in [4.69, 9.17) is 0 Å². The van der Waals surface area contributed by atoms with Gasteiger partial charge in [0.15, 0.2) is 0 Å². The molecule has 0 radical (unpaired) electrons. The molecule has 1 aliphatic carbocycles. The van der Waals surface area contributed by atoms with E-state index < -0.39 is 0 Å². The van der Waals surface area contributed by atoms with Gasteiger partial charge in [0.1, 0.15) is 0 Å². The fourth-order valence-corrected chi connectivity index (χ4v) is 2.87. The molecule has 1 aromatic carbocycles. The second-order valence-corrected chi connectivity index (χ2v) is 5.99. The average molecular weight is 246 g/mol. The molecule has 2 nitrogen and oxygen atoms in total. The van der Waals surface area contributed by atoms with Gasteiger partial charge in [0, 0.05) is 31.9 Å². The van der Waals surface area contributed by atoms with E-state index >= 15 is 0 Å². The van der Waals surface area contributed by atoms with Gasteiger partial charge in [-0.15, -0.1) is 0 Å². The highest BCUT2D eigenvalue weighted by Crippen LogP contribution is 2.27. The Kier molecular flexibility index (Phi) is 4.28. The normalized spacial score (nSPS) is 25.1. The van der Waals surface area contributed by atoms with Crippen LogP contribution in [0.1, 0.15) is 44.7 Å². The molecule has 2 heteroatoms. The van der Waals surface area contributed by atoms with Gasteiger partial charge in [-0.25, -0.2) is 0 Å². The van der Waals surface area contributed by atoms with Crippen molar-refractivity contribution in [2.24, 2.45) is 5.92 Å². The largest absolute Gasteiger partial charge is 0.378 e. The van der Waals surface area contributed by atoms with Gasteiger partial charge in [-0.1, -0.05) is 19.1 Å². The summed E-state index contributed by atoms with van der Waals surface area (Å²) in [4.78, 5) is 2.14. The summed E-state index contributed by atoms with van der Waals surface area (Å²) >= 11 is 0. The Hall–Kier alpha value is -1.02. The Morgan fingerprint density at radius 3 is 2.33 bits per heavy atom. The molecule has 100 valence electrons. The molecule has 0 heterocycles. The number of hydrogen-bond acceptors (Lipinski definition) is 2. The molecule has 1 saturated carbocycles. The lowest BCUT2D eigenvalue weighted by atomic mass is 10.1. The summed E-state index contributed by atoms with van der Waals surface area (Å²) < 4.78 is 0. The molecule has 0 amide bonds. The van der Waals surface area contributed by atoms with Crippen LogP contribution in [0.3, 0.4) is 0 Å². The minimum atomic E-state index is 0.455. The van der Waals surface area contributed by atoms with Crippen molar-refractivity contribution < 1.29 is 0 Å². The molecular weight excluding hydrogens is 220 g/mol. The zero-order valence-electron chi connectivity index (χ0n) is 12.1. The molecular formula is C16H26N2. The first kappa shape index (κ1) is 13.4. The van der Waals surface area contributed by atoms with E-state index in [1.807, 2.05) is 0 Å². The molecule has 18 heavy (non-hydrogen) atoms. The van der Waals surface area contributed by atoms with Crippen LogP contribution in [0.15, 0.2) is 24.3 Å². The van der Waals surface area contributed by atoms with Crippen molar-refractivity contribution in [1.82, 2.24) is 5.32 Å². The summed E-state index contributed by atoms with van der Waals surface area (Å²) in [6.07, 6.45) is 4.05. The van der Waals surface area contributed by atoms with Crippen LogP contribution in [-0.4, -0.2) is 20.1 Å². The first-order chi connectivity index (χ1) is 8.56. The molecule has 1 aromatic rings. The third-order valence-corrected chi connectivity index (χ3v) is 4.09. The van der Waals surface area contributed by atoms with Crippen molar-refractivity contribution >= 4 is 5.69 Å². The van der Waals surface area contributed by atoms with Crippen LogP contribution in [-0.2, 0) is 0 Å². The van der Waals surface area contributed by atoms with Crippen LogP contribution in [0.5, 0.6) is 0 Å². The van der Waals surface area contributed by atoms with E-state index in [-0.39, 0.29) is 0 Å². The van der Waals surface area contributed by atoms with Crippen molar-refractivity contribution in [3.63, 3.8) is 0 Å². The topological polar surface area (TPSA) is 15.3 Å². The number of nitrogens with zero attached hydrogens (tertiary/aromatic N) is 1. The fraction of sp³-hybridized carbons (Fsp3) is 0.625. The van der Waals surface area contributed by atoms with E-state index in [1.54, 1.807) is 0 Å². The van der Waals surface area contributed by atoms with Gasteiger partial charge in [0.2, 0.25) is 0 Å². The molecule has 0 saturated heterocycles. The maximum absolute atomic E-state index is 3.76. The SMILES string of the molecule is CC1CCC(NC(C)c2ccc(N(C)C)cc2)C1. The summed E-state index contributed by atoms with van der Waals surface area (Å²) in [7, 11) is 4.16. The summed E-state index contributed by atoms with van der Waals surface area (Å²) in [5, 5.41) is 3.76. The lowest BCUT2D eigenvalue weighted by Crippen LogP contribution is -2.29. The van der Waals surface area contributed by atoms with Gasteiger partial charge < -0.3 is 10.2 Å². The molecule has 0 spiro atoms. The first-order valence-corrected chi connectivity index (χ1v) is 7.09. The minimum Gasteiger partial charge on any atom is -0.378 e. The number of hydrogen-bond donors (Lipinski definition) is 1. The van der Waals surface area contributed by atoms with E-state index in [2.05, 4.69) is 62.4 Å². The van der Waals surface area contributed by atoms with Crippen molar-refractivity contribution in [2.75, 3.05) is 19.0 Å². The fourth-order valence-electron chi connectivity index (χ4n) is 2.87. The van der Waals surface area contributed by atoms with E-state index in [0.29, 0.717) is 12.1 Å². The monoisotopic (exact) mass is 246 g/mol. The lowest BCUT2D eigenvalue weighted by molar-refractivity contribution is 0.449. The molecule has 3 atom stereocenters. The smallest absolute Gasteiger partial charge is 0.0361 e. The number of anilines is 1. The quantitative estimate of drug-likeness (QED) is 0.873. The van der Waals surface area contributed by atoms with Gasteiger partial charge in [-0.2, -0.15) is 0 Å². The van der Waals surface area contributed by atoms with Gasteiger partial charge in [-0.3, -0.25) is 0 Å². The van der Waals surface area contributed by atoms with Crippen LogP contribution in [0.2, 0.25) is 0 Å². The molecule has 3 unspecified atom stereocenters. The van der Waals surface area contributed by atoms with Crippen LogP contribution in [0.25, 0.3) is 0 Å². The van der Waals surface area contributed by atoms with Crippen molar-refractivity contribution in [2.45, 2.75) is 45.2 Å². The van der Waals surface area contributed by atoms with Gasteiger partial charge >= 0.3 is 0 Å². The van der Waals surface area contributed by atoms with Gasteiger partial charge in [0.25, 0.3) is 0 Å².